The van der Waals surface area contributed by atoms with Crippen LogP contribution >= 0.6 is 0 Å². The average Bonchev–Trinajstić information content (AvgIpc) is 2.41. The maximum absolute atomic E-state index is 11.7. The van der Waals surface area contributed by atoms with Crippen LogP contribution in [0.5, 0.6) is 0 Å². The average molecular weight is 279 g/mol. The van der Waals surface area contributed by atoms with Crippen LogP contribution in [0.4, 0.5) is 0 Å². The fourth-order valence-corrected chi connectivity index (χ4v) is 1.49. The Labute approximate surface area is 119 Å². The molecule has 20 heavy (non-hydrogen) atoms. The number of carbonyl (C=O) groups is 2. The van der Waals surface area contributed by atoms with E-state index in [1.54, 1.807) is 24.3 Å². The van der Waals surface area contributed by atoms with Gasteiger partial charge < -0.3 is 14.8 Å². The van der Waals surface area contributed by atoms with Crippen LogP contribution in [0.2, 0.25) is 0 Å². The zero-order valence-corrected chi connectivity index (χ0v) is 12.1. The van der Waals surface area contributed by atoms with Crippen LogP contribution in [0.3, 0.4) is 0 Å². The first-order valence-electron chi connectivity index (χ1n) is 6.61. The van der Waals surface area contributed by atoms with Gasteiger partial charge in [-0.25, -0.2) is 4.79 Å². The molecule has 0 unspecified atom stereocenters. The second-order valence-electron chi connectivity index (χ2n) is 4.66. The Morgan fingerprint density at radius 3 is 2.35 bits per heavy atom. The molecular formula is C15H21NO4. The number of carbonyl (C=O) groups excluding carboxylic acids is 2. The number of nitrogens with one attached hydrogen (secondary N) is 1. The zero-order valence-electron chi connectivity index (χ0n) is 12.1. The molecule has 0 saturated heterocycles. The Kier molecular flexibility index (Phi) is 6.73. The van der Waals surface area contributed by atoms with E-state index in [1.165, 1.54) is 6.92 Å². The van der Waals surface area contributed by atoms with Crippen molar-refractivity contribution in [3.63, 3.8) is 0 Å². The van der Waals surface area contributed by atoms with Crippen LogP contribution in [0, 0.1) is 0 Å². The van der Waals surface area contributed by atoms with Crippen LogP contribution < -0.4 is 5.32 Å². The molecule has 5 heteroatoms. The van der Waals surface area contributed by atoms with Crippen LogP contribution in [-0.2, 0) is 20.8 Å². The summed E-state index contributed by atoms with van der Waals surface area (Å²) in [6.45, 7) is 6.40. The van der Waals surface area contributed by atoms with Gasteiger partial charge in [-0.05, 0) is 31.5 Å². The topological polar surface area (TPSA) is 64.6 Å². The summed E-state index contributed by atoms with van der Waals surface area (Å²) in [4.78, 5) is 22.5. The normalized spacial score (nSPS) is 10.4. The fourth-order valence-electron chi connectivity index (χ4n) is 1.49. The van der Waals surface area contributed by atoms with Gasteiger partial charge in [0, 0.05) is 13.5 Å². The highest BCUT2D eigenvalue weighted by Crippen LogP contribution is 2.06. The Hall–Kier alpha value is -1.88. The lowest BCUT2D eigenvalue weighted by Gasteiger charge is -2.08. The number of amides is 1. The fraction of sp³-hybridized carbons (Fsp3) is 0.467. The molecule has 0 radical (unpaired) electrons. The molecule has 0 aliphatic rings. The van der Waals surface area contributed by atoms with Crippen molar-refractivity contribution in [1.82, 2.24) is 5.32 Å². The molecule has 0 aliphatic carbocycles. The van der Waals surface area contributed by atoms with Gasteiger partial charge in [-0.2, -0.15) is 0 Å². The summed E-state index contributed by atoms with van der Waals surface area (Å²) in [6, 6.07) is 6.94. The van der Waals surface area contributed by atoms with E-state index < -0.39 is 0 Å². The summed E-state index contributed by atoms with van der Waals surface area (Å²) < 4.78 is 10.4. The zero-order chi connectivity index (χ0) is 15.0. The van der Waals surface area contributed by atoms with Crippen LogP contribution in [0.1, 0.15) is 36.7 Å². The number of rotatable bonds is 7. The first-order valence-corrected chi connectivity index (χ1v) is 6.61. The molecule has 0 fully saturated rings. The third-order valence-electron chi connectivity index (χ3n) is 2.50. The molecule has 1 amide bonds. The highest BCUT2D eigenvalue weighted by molar-refractivity contribution is 5.89. The van der Waals surface area contributed by atoms with E-state index in [2.05, 4.69) is 5.32 Å². The second kappa shape index (κ2) is 8.32. The highest BCUT2D eigenvalue weighted by atomic mass is 16.6. The van der Waals surface area contributed by atoms with Gasteiger partial charge in [-0.1, -0.05) is 12.1 Å². The Morgan fingerprint density at radius 1 is 1.15 bits per heavy atom. The number of benzene rings is 1. The molecule has 1 rings (SSSR count). The molecule has 0 spiro atoms. The Balaban J connectivity index is 2.39. The molecule has 1 N–H and O–H groups in total. The standard InChI is InChI=1S/C15H21NO4/c1-11(2)19-8-9-20-15(18)14-6-4-13(5-7-14)10-16-12(3)17/h4-7,11H,8-10H2,1-3H3,(H,16,17). The molecule has 0 atom stereocenters. The molecular weight excluding hydrogens is 258 g/mol. The maximum Gasteiger partial charge on any atom is 0.338 e. The van der Waals surface area contributed by atoms with E-state index >= 15 is 0 Å². The molecule has 0 aromatic heterocycles. The first kappa shape index (κ1) is 16.2. The minimum absolute atomic E-state index is 0.0846. The van der Waals surface area contributed by atoms with E-state index in [4.69, 9.17) is 9.47 Å². The molecule has 0 aliphatic heterocycles. The predicted octanol–water partition coefficient (Wildman–Crippen LogP) is 1.90. The molecule has 0 bridgehead atoms. The molecule has 110 valence electrons. The van der Waals surface area contributed by atoms with Gasteiger partial charge in [0.25, 0.3) is 0 Å². The second-order valence-corrected chi connectivity index (χ2v) is 4.66. The predicted molar refractivity (Wildman–Crippen MR) is 75.3 cm³/mol. The number of hydrogen-bond donors (Lipinski definition) is 1. The van der Waals surface area contributed by atoms with Gasteiger partial charge in [0.1, 0.15) is 6.61 Å². The summed E-state index contributed by atoms with van der Waals surface area (Å²) in [5.74, 6) is -0.456. The highest BCUT2D eigenvalue weighted by Gasteiger charge is 2.07. The lowest BCUT2D eigenvalue weighted by atomic mass is 10.1. The Morgan fingerprint density at radius 2 is 1.80 bits per heavy atom. The molecule has 5 nitrogen and oxygen atoms in total. The third kappa shape index (κ3) is 6.33. The SMILES string of the molecule is CC(=O)NCc1ccc(C(=O)OCCOC(C)C)cc1. The smallest absolute Gasteiger partial charge is 0.338 e. The first-order chi connectivity index (χ1) is 9.49. The van der Waals surface area contributed by atoms with Crippen molar-refractivity contribution in [2.75, 3.05) is 13.2 Å². The van der Waals surface area contributed by atoms with Gasteiger partial charge in [0.2, 0.25) is 5.91 Å². The van der Waals surface area contributed by atoms with Crippen LogP contribution in [0.15, 0.2) is 24.3 Å². The summed E-state index contributed by atoms with van der Waals surface area (Å²) in [5, 5.41) is 2.69. The van der Waals surface area contributed by atoms with Crippen molar-refractivity contribution in [1.29, 1.82) is 0 Å². The number of ether oxygens (including phenoxy) is 2. The van der Waals surface area contributed by atoms with Gasteiger partial charge in [0.15, 0.2) is 0 Å². The summed E-state index contributed by atoms with van der Waals surface area (Å²) in [7, 11) is 0. The molecule has 0 saturated carbocycles. The summed E-state index contributed by atoms with van der Waals surface area (Å²) in [5.41, 5.74) is 1.42. The minimum atomic E-state index is -0.372. The van der Waals surface area contributed by atoms with E-state index in [-0.39, 0.29) is 24.6 Å². The van der Waals surface area contributed by atoms with Crippen molar-refractivity contribution < 1.29 is 19.1 Å². The monoisotopic (exact) mass is 279 g/mol. The van der Waals surface area contributed by atoms with Crippen molar-refractivity contribution in [3.8, 4) is 0 Å². The minimum Gasteiger partial charge on any atom is -0.460 e. The van der Waals surface area contributed by atoms with Gasteiger partial charge >= 0.3 is 5.97 Å². The van der Waals surface area contributed by atoms with E-state index in [0.717, 1.165) is 5.56 Å². The van der Waals surface area contributed by atoms with Gasteiger partial charge in [-0.15, -0.1) is 0 Å². The van der Waals surface area contributed by atoms with E-state index in [1.807, 2.05) is 13.8 Å². The summed E-state index contributed by atoms with van der Waals surface area (Å²) >= 11 is 0. The molecule has 0 heterocycles. The lowest BCUT2D eigenvalue weighted by molar-refractivity contribution is -0.119. The van der Waals surface area contributed by atoms with Crippen LogP contribution in [0.25, 0.3) is 0 Å². The third-order valence-corrected chi connectivity index (χ3v) is 2.50. The number of esters is 1. The maximum atomic E-state index is 11.7. The Bertz CT molecular complexity index is 440. The molecule has 1 aromatic rings. The number of hydrogen-bond acceptors (Lipinski definition) is 4. The lowest BCUT2D eigenvalue weighted by Crippen LogP contribution is -2.19. The van der Waals surface area contributed by atoms with Gasteiger partial charge in [0.05, 0.1) is 18.3 Å². The van der Waals surface area contributed by atoms with Gasteiger partial charge in [-0.3, -0.25) is 4.79 Å². The van der Waals surface area contributed by atoms with Crippen molar-refractivity contribution >= 4 is 11.9 Å². The quantitative estimate of drug-likeness (QED) is 0.611. The van der Waals surface area contributed by atoms with E-state index in [9.17, 15) is 9.59 Å². The van der Waals surface area contributed by atoms with Crippen molar-refractivity contribution in [2.45, 2.75) is 33.4 Å². The summed E-state index contributed by atoms with van der Waals surface area (Å²) in [6.07, 6.45) is 0.127. The van der Waals surface area contributed by atoms with Crippen molar-refractivity contribution in [3.05, 3.63) is 35.4 Å². The van der Waals surface area contributed by atoms with E-state index in [0.29, 0.717) is 18.7 Å². The largest absolute Gasteiger partial charge is 0.460 e. The van der Waals surface area contributed by atoms with Crippen LogP contribution in [-0.4, -0.2) is 31.2 Å². The van der Waals surface area contributed by atoms with Crippen molar-refractivity contribution in [2.24, 2.45) is 0 Å². The molecule has 1 aromatic carbocycles.